The maximum absolute atomic E-state index is 13.9. The Morgan fingerprint density at radius 3 is 1.97 bits per heavy atom. The number of para-hydroxylation sites is 1. The summed E-state index contributed by atoms with van der Waals surface area (Å²) in [6, 6.07) is 22.4. The first-order valence-corrected chi connectivity index (χ1v) is 10.7. The SMILES string of the molecule is CC(=O)C12c3ccccc3C(c3ccccc31)[C@H]1C(=O)N(c3ccccc3Cl)C(=O)[C@@H]12. The Labute approximate surface area is 184 Å². The molecule has 1 fully saturated rings. The Hall–Kier alpha value is -3.24. The second-order valence-corrected chi connectivity index (χ2v) is 8.89. The van der Waals surface area contributed by atoms with Crippen molar-refractivity contribution < 1.29 is 14.4 Å². The van der Waals surface area contributed by atoms with E-state index in [0.717, 1.165) is 22.3 Å². The minimum atomic E-state index is -1.19. The largest absolute Gasteiger partial charge is 0.299 e. The minimum absolute atomic E-state index is 0.122. The second kappa shape index (κ2) is 6.14. The lowest BCUT2D eigenvalue weighted by molar-refractivity contribution is -0.132. The first kappa shape index (κ1) is 18.5. The van der Waals surface area contributed by atoms with E-state index in [-0.39, 0.29) is 23.5 Å². The molecule has 4 aliphatic rings. The fourth-order valence-electron chi connectivity index (χ4n) is 6.24. The van der Waals surface area contributed by atoms with Gasteiger partial charge in [-0.1, -0.05) is 72.3 Å². The molecule has 5 heteroatoms. The van der Waals surface area contributed by atoms with Crippen LogP contribution in [0.3, 0.4) is 0 Å². The van der Waals surface area contributed by atoms with Crippen LogP contribution < -0.4 is 4.90 Å². The topological polar surface area (TPSA) is 54.5 Å². The molecule has 0 aromatic heterocycles. The molecule has 0 spiro atoms. The third-order valence-corrected chi connectivity index (χ3v) is 7.59. The highest BCUT2D eigenvalue weighted by molar-refractivity contribution is 6.36. The number of hydrogen-bond donors (Lipinski definition) is 0. The maximum Gasteiger partial charge on any atom is 0.239 e. The molecule has 1 heterocycles. The molecule has 1 aliphatic heterocycles. The Morgan fingerprint density at radius 1 is 0.839 bits per heavy atom. The molecule has 4 nitrogen and oxygen atoms in total. The van der Waals surface area contributed by atoms with Crippen LogP contribution in [0.2, 0.25) is 5.02 Å². The van der Waals surface area contributed by atoms with E-state index in [1.807, 2.05) is 48.5 Å². The number of imide groups is 1. The summed E-state index contributed by atoms with van der Waals surface area (Å²) in [4.78, 5) is 42.4. The van der Waals surface area contributed by atoms with Gasteiger partial charge in [-0.3, -0.25) is 14.4 Å². The van der Waals surface area contributed by atoms with Gasteiger partial charge in [0.1, 0.15) is 5.78 Å². The summed E-state index contributed by atoms with van der Waals surface area (Å²) in [5.41, 5.74) is 2.79. The Bertz CT molecular complexity index is 1270. The number of benzene rings is 3. The standard InChI is InChI=1S/C26H18ClNO3/c1-14(29)26-17-10-4-2-8-15(17)21(16-9-3-5-11-18(16)26)22-23(26)25(31)28(24(22)30)20-13-7-6-12-19(20)27/h2-13,21-23H,1H3/t21?,22-,23-,26?/m1/s1. The first-order valence-electron chi connectivity index (χ1n) is 10.3. The third-order valence-electron chi connectivity index (χ3n) is 7.27. The molecule has 2 amide bonds. The summed E-state index contributed by atoms with van der Waals surface area (Å²) in [6.45, 7) is 1.53. The predicted octanol–water partition coefficient (Wildman–Crippen LogP) is 4.48. The normalized spacial score (nSPS) is 27.7. The van der Waals surface area contributed by atoms with Gasteiger partial charge in [0.15, 0.2) is 0 Å². The smallest absolute Gasteiger partial charge is 0.239 e. The molecular formula is C26H18ClNO3. The van der Waals surface area contributed by atoms with E-state index in [1.165, 1.54) is 11.8 Å². The van der Waals surface area contributed by atoms with Gasteiger partial charge in [0.25, 0.3) is 0 Å². The van der Waals surface area contributed by atoms with E-state index in [1.54, 1.807) is 24.3 Å². The fraction of sp³-hybridized carbons (Fsp3) is 0.192. The van der Waals surface area contributed by atoms with Crippen LogP contribution in [0.15, 0.2) is 72.8 Å². The number of carbonyl (C=O) groups excluding carboxylic acids is 3. The minimum Gasteiger partial charge on any atom is -0.299 e. The van der Waals surface area contributed by atoms with Gasteiger partial charge in [0.2, 0.25) is 11.8 Å². The number of anilines is 1. The van der Waals surface area contributed by atoms with Crippen LogP contribution in [0.1, 0.15) is 35.1 Å². The van der Waals surface area contributed by atoms with Gasteiger partial charge in [0.05, 0.1) is 28.0 Å². The zero-order valence-electron chi connectivity index (χ0n) is 16.7. The van der Waals surface area contributed by atoms with Crippen LogP contribution in [-0.4, -0.2) is 17.6 Å². The summed E-state index contributed by atoms with van der Waals surface area (Å²) >= 11 is 6.38. The van der Waals surface area contributed by atoms with Crippen molar-refractivity contribution in [3.63, 3.8) is 0 Å². The molecule has 3 aliphatic carbocycles. The van der Waals surface area contributed by atoms with Gasteiger partial charge in [-0.05, 0) is 41.3 Å². The van der Waals surface area contributed by atoms with E-state index in [9.17, 15) is 14.4 Å². The van der Waals surface area contributed by atoms with E-state index in [0.29, 0.717) is 10.7 Å². The van der Waals surface area contributed by atoms with Crippen molar-refractivity contribution in [2.75, 3.05) is 4.90 Å². The van der Waals surface area contributed by atoms with Crippen LogP contribution in [0, 0.1) is 11.8 Å². The molecule has 2 bridgehead atoms. The number of amides is 2. The molecular weight excluding hydrogens is 410 g/mol. The molecule has 7 rings (SSSR count). The van der Waals surface area contributed by atoms with Gasteiger partial charge in [-0.25, -0.2) is 4.90 Å². The van der Waals surface area contributed by atoms with Crippen molar-refractivity contribution in [1.82, 2.24) is 0 Å². The number of hydrogen-bond acceptors (Lipinski definition) is 3. The molecule has 2 atom stereocenters. The summed E-state index contributed by atoms with van der Waals surface area (Å²) < 4.78 is 0. The van der Waals surface area contributed by atoms with Crippen LogP contribution in [0.25, 0.3) is 0 Å². The molecule has 3 aromatic carbocycles. The lowest BCUT2D eigenvalue weighted by Crippen LogP contribution is -2.57. The van der Waals surface area contributed by atoms with Crippen LogP contribution in [0.4, 0.5) is 5.69 Å². The van der Waals surface area contributed by atoms with Crippen molar-refractivity contribution in [2.45, 2.75) is 18.3 Å². The highest BCUT2D eigenvalue weighted by Crippen LogP contribution is 2.64. The molecule has 1 saturated heterocycles. The lowest BCUT2D eigenvalue weighted by atomic mass is 9.46. The summed E-state index contributed by atoms with van der Waals surface area (Å²) in [6.07, 6.45) is 0. The number of Topliss-reactive ketones (excluding diaryl/α,β-unsaturated/α-hetero) is 1. The van der Waals surface area contributed by atoms with Gasteiger partial charge >= 0.3 is 0 Å². The molecule has 152 valence electrons. The quantitative estimate of drug-likeness (QED) is 0.566. The van der Waals surface area contributed by atoms with Crippen LogP contribution >= 0.6 is 11.6 Å². The van der Waals surface area contributed by atoms with Crippen molar-refractivity contribution in [1.29, 1.82) is 0 Å². The maximum atomic E-state index is 13.9. The summed E-state index contributed by atoms with van der Waals surface area (Å²) in [7, 11) is 0. The average Bonchev–Trinajstić information content (AvgIpc) is 3.05. The zero-order valence-corrected chi connectivity index (χ0v) is 17.5. The van der Waals surface area contributed by atoms with E-state index in [4.69, 9.17) is 11.6 Å². The van der Waals surface area contributed by atoms with Crippen molar-refractivity contribution in [3.05, 3.63) is 100 Å². The Morgan fingerprint density at radius 2 is 1.39 bits per heavy atom. The monoisotopic (exact) mass is 427 g/mol. The number of halogens is 1. The molecule has 0 radical (unpaired) electrons. The Balaban J connectivity index is 1.69. The van der Waals surface area contributed by atoms with Crippen molar-refractivity contribution >= 4 is 34.9 Å². The van der Waals surface area contributed by atoms with Crippen molar-refractivity contribution in [3.8, 4) is 0 Å². The lowest BCUT2D eigenvalue weighted by Gasteiger charge is -2.52. The van der Waals surface area contributed by atoms with E-state index in [2.05, 4.69) is 0 Å². The summed E-state index contributed by atoms with van der Waals surface area (Å²) in [5.74, 6) is -2.47. The second-order valence-electron chi connectivity index (χ2n) is 8.48. The fourth-order valence-corrected chi connectivity index (χ4v) is 6.46. The van der Waals surface area contributed by atoms with Gasteiger partial charge < -0.3 is 0 Å². The highest BCUT2D eigenvalue weighted by Gasteiger charge is 2.70. The number of ketones is 1. The van der Waals surface area contributed by atoms with E-state index >= 15 is 0 Å². The zero-order chi connectivity index (χ0) is 21.5. The molecule has 0 N–H and O–H groups in total. The van der Waals surface area contributed by atoms with Crippen LogP contribution in [-0.2, 0) is 19.8 Å². The van der Waals surface area contributed by atoms with Crippen LogP contribution in [0.5, 0.6) is 0 Å². The summed E-state index contributed by atoms with van der Waals surface area (Å²) in [5, 5.41) is 0.335. The van der Waals surface area contributed by atoms with Gasteiger partial charge in [0, 0.05) is 5.92 Å². The predicted molar refractivity (Wildman–Crippen MR) is 117 cm³/mol. The third kappa shape index (κ3) is 2.04. The number of nitrogens with zero attached hydrogens (tertiary/aromatic N) is 1. The molecule has 31 heavy (non-hydrogen) atoms. The highest BCUT2D eigenvalue weighted by atomic mass is 35.5. The van der Waals surface area contributed by atoms with Crippen molar-refractivity contribution in [2.24, 2.45) is 11.8 Å². The number of carbonyl (C=O) groups is 3. The first-order chi connectivity index (χ1) is 15.0. The van der Waals surface area contributed by atoms with Gasteiger partial charge in [-0.15, -0.1) is 0 Å². The average molecular weight is 428 g/mol. The Kier molecular flexibility index (Phi) is 3.67. The van der Waals surface area contributed by atoms with E-state index < -0.39 is 17.3 Å². The molecule has 3 aromatic rings. The molecule has 0 saturated carbocycles. The number of rotatable bonds is 2. The van der Waals surface area contributed by atoms with Gasteiger partial charge in [-0.2, -0.15) is 0 Å². The molecule has 0 unspecified atom stereocenters.